The van der Waals surface area contributed by atoms with Gasteiger partial charge in [0.15, 0.2) is 0 Å². The number of pyridine rings is 1. The molecule has 1 aromatic carbocycles. The zero-order valence-corrected chi connectivity index (χ0v) is 24.0. The van der Waals surface area contributed by atoms with E-state index in [-0.39, 0.29) is 23.8 Å². The number of ether oxygens (including phenoxy) is 1. The Morgan fingerprint density at radius 2 is 1.93 bits per heavy atom. The van der Waals surface area contributed by atoms with Crippen molar-refractivity contribution in [2.75, 3.05) is 18.0 Å². The Balaban J connectivity index is 1.41. The molecule has 1 aliphatic heterocycles. The zero-order valence-electron chi connectivity index (χ0n) is 24.0. The number of hydrogen-bond acceptors (Lipinski definition) is 9. The van der Waals surface area contributed by atoms with Crippen LogP contribution in [0.3, 0.4) is 0 Å². The van der Waals surface area contributed by atoms with Crippen LogP contribution >= 0.6 is 0 Å². The van der Waals surface area contributed by atoms with Crippen LogP contribution in [0.2, 0.25) is 0 Å². The number of benzene rings is 1. The molecule has 0 radical (unpaired) electrons. The number of carbonyl (C=O) groups excluding carboxylic acids is 2. The highest BCUT2D eigenvalue weighted by atomic mass is 16.6. The first-order chi connectivity index (χ1) is 19.7. The molecule has 214 valence electrons. The monoisotopic (exact) mass is 557 g/mol. The van der Waals surface area contributed by atoms with Crippen LogP contribution in [0.5, 0.6) is 0 Å². The normalized spacial score (nSPS) is 16.0. The van der Waals surface area contributed by atoms with Gasteiger partial charge in [-0.2, -0.15) is 5.10 Å². The summed E-state index contributed by atoms with van der Waals surface area (Å²) in [5.74, 6) is 0.330. The van der Waals surface area contributed by atoms with Gasteiger partial charge in [-0.15, -0.1) is 15.0 Å². The summed E-state index contributed by atoms with van der Waals surface area (Å²) in [6.45, 7) is 8.87. The molecule has 5 rings (SSSR count). The molecule has 0 spiro atoms. The van der Waals surface area contributed by atoms with Gasteiger partial charge >= 0.3 is 5.97 Å². The van der Waals surface area contributed by atoms with Gasteiger partial charge in [0, 0.05) is 30.9 Å². The number of aryl methyl sites for hydroxylation is 2. The summed E-state index contributed by atoms with van der Waals surface area (Å²) in [7, 11) is 1.80. The number of aromatic nitrogens is 7. The molecule has 41 heavy (non-hydrogen) atoms. The lowest BCUT2D eigenvalue weighted by molar-refractivity contribution is -0.158. The number of tetrazole rings is 1. The molecule has 1 N–H and O–H groups in total. The smallest absolute Gasteiger partial charge is 0.310 e. The summed E-state index contributed by atoms with van der Waals surface area (Å²) in [6, 6.07) is 11.3. The molecule has 0 aliphatic carbocycles. The zero-order chi connectivity index (χ0) is 29.1. The minimum absolute atomic E-state index is 0.0188. The summed E-state index contributed by atoms with van der Waals surface area (Å²) in [5, 5.41) is 20.6. The number of esters is 1. The van der Waals surface area contributed by atoms with Gasteiger partial charge in [0.2, 0.25) is 12.1 Å². The summed E-state index contributed by atoms with van der Waals surface area (Å²) in [4.78, 5) is 33.6. The van der Waals surface area contributed by atoms with Crippen molar-refractivity contribution in [1.29, 1.82) is 0 Å². The maximum Gasteiger partial charge on any atom is 0.310 e. The minimum Gasteiger partial charge on any atom is -0.438 e. The van der Waals surface area contributed by atoms with Crippen molar-refractivity contribution in [2.45, 2.75) is 52.8 Å². The minimum atomic E-state index is -0.710. The van der Waals surface area contributed by atoms with Crippen LogP contribution in [-0.4, -0.2) is 66.0 Å². The number of nitrogens with zero attached hydrogens (tertiary/aromatic N) is 8. The van der Waals surface area contributed by atoms with Crippen molar-refractivity contribution in [3.05, 3.63) is 59.9 Å². The third kappa shape index (κ3) is 5.87. The molecule has 1 saturated heterocycles. The van der Waals surface area contributed by atoms with Gasteiger partial charge in [-0.25, -0.2) is 4.98 Å². The first kappa shape index (κ1) is 28.1. The summed E-state index contributed by atoms with van der Waals surface area (Å²) in [5.41, 5.74) is 3.81. The molecule has 0 bridgehead atoms. The maximum absolute atomic E-state index is 13.9. The number of hydrogen-bond donors (Lipinski definition) is 1. The lowest BCUT2D eigenvalue weighted by Gasteiger charge is -2.34. The molecular weight excluding hydrogens is 522 g/mol. The molecular formula is C29H35N9O3. The van der Waals surface area contributed by atoms with E-state index >= 15 is 0 Å². The highest BCUT2D eigenvalue weighted by Crippen LogP contribution is 2.31. The number of carbonyl (C=O) groups is 2. The predicted molar refractivity (Wildman–Crippen MR) is 153 cm³/mol. The van der Waals surface area contributed by atoms with E-state index in [1.165, 1.54) is 4.80 Å². The van der Waals surface area contributed by atoms with Gasteiger partial charge in [-0.3, -0.25) is 19.2 Å². The van der Waals surface area contributed by atoms with Crippen LogP contribution in [0.25, 0.3) is 22.6 Å². The quantitative estimate of drug-likeness (QED) is 0.323. The fraction of sp³-hybridized carbons (Fsp3) is 0.414. The van der Waals surface area contributed by atoms with Crippen molar-refractivity contribution in [3.8, 4) is 22.6 Å². The molecule has 1 amide bonds. The molecule has 4 aromatic rings. The summed E-state index contributed by atoms with van der Waals surface area (Å²) in [6.07, 6.45) is 4.66. The van der Waals surface area contributed by atoms with Gasteiger partial charge in [0.05, 0.1) is 18.2 Å². The Morgan fingerprint density at radius 1 is 1.15 bits per heavy atom. The molecule has 3 aromatic heterocycles. The van der Waals surface area contributed by atoms with Crippen molar-refractivity contribution >= 4 is 17.7 Å². The van der Waals surface area contributed by atoms with Crippen molar-refractivity contribution < 1.29 is 14.3 Å². The van der Waals surface area contributed by atoms with Gasteiger partial charge in [-0.05, 0) is 67.8 Å². The Labute approximate surface area is 238 Å². The predicted octanol–water partition coefficient (Wildman–Crippen LogP) is 3.56. The lowest BCUT2D eigenvalue weighted by atomic mass is 10.0. The first-order valence-corrected chi connectivity index (χ1v) is 13.8. The standard InChI is InChI=1S/C29H35N9O3/c1-18(2)29(40)41-20(4)38-34-26(33-35-38)25-24(17-32-36(25)5)21-10-12-22(13-11-21)28(39)37(23-9-7-14-30-16-23)27-19(3)8-6-15-31-27/h6,8,10-13,15,17-18,20,23,30H,7,9,14,16H2,1-5H3/t20-,23+/m0/s1. The lowest BCUT2D eigenvalue weighted by Crippen LogP contribution is -2.49. The van der Waals surface area contributed by atoms with Gasteiger partial charge in [0.25, 0.3) is 5.91 Å². The average molecular weight is 558 g/mol. The van der Waals surface area contributed by atoms with Crippen molar-refractivity contribution in [2.24, 2.45) is 13.0 Å². The van der Waals surface area contributed by atoms with E-state index in [2.05, 4.69) is 30.8 Å². The number of piperidine rings is 1. The maximum atomic E-state index is 13.9. The van der Waals surface area contributed by atoms with E-state index in [9.17, 15) is 9.59 Å². The second-order valence-corrected chi connectivity index (χ2v) is 10.6. The average Bonchev–Trinajstić information content (AvgIpc) is 3.61. The van der Waals surface area contributed by atoms with E-state index in [0.29, 0.717) is 22.9 Å². The van der Waals surface area contributed by atoms with Gasteiger partial charge in [0.1, 0.15) is 11.5 Å². The van der Waals surface area contributed by atoms with E-state index in [1.54, 1.807) is 44.9 Å². The fourth-order valence-corrected chi connectivity index (χ4v) is 4.89. The third-order valence-corrected chi connectivity index (χ3v) is 7.17. The number of amides is 1. The highest BCUT2D eigenvalue weighted by Gasteiger charge is 2.30. The van der Waals surface area contributed by atoms with E-state index < -0.39 is 6.23 Å². The van der Waals surface area contributed by atoms with Gasteiger partial charge in [-0.1, -0.05) is 32.0 Å². The van der Waals surface area contributed by atoms with E-state index in [0.717, 1.165) is 42.6 Å². The van der Waals surface area contributed by atoms with E-state index in [1.807, 2.05) is 48.2 Å². The van der Waals surface area contributed by atoms with Crippen LogP contribution in [0, 0.1) is 12.8 Å². The molecule has 0 saturated carbocycles. The molecule has 12 heteroatoms. The van der Waals surface area contributed by atoms with Gasteiger partial charge < -0.3 is 10.1 Å². The molecule has 2 atom stereocenters. The Hall–Kier alpha value is -4.45. The Bertz CT molecular complexity index is 1520. The molecule has 4 heterocycles. The third-order valence-electron chi connectivity index (χ3n) is 7.17. The second kappa shape index (κ2) is 12.0. The van der Waals surface area contributed by atoms with Crippen molar-refractivity contribution in [3.63, 3.8) is 0 Å². The summed E-state index contributed by atoms with van der Waals surface area (Å²) >= 11 is 0. The molecule has 0 unspecified atom stereocenters. The number of anilines is 1. The van der Waals surface area contributed by atoms with Crippen molar-refractivity contribution in [1.82, 2.24) is 40.3 Å². The topological polar surface area (TPSA) is 133 Å². The van der Waals surface area contributed by atoms with Crippen LogP contribution in [0.1, 0.15) is 55.8 Å². The van der Waals surface area contributed by atoms with Crippen LogP contribution in [0.4, 0.5) is 5.82 Å². The number of rotatable bonds is 8. The Kier molecular flexibility index (Phi) is 8.20. The van der Waals surface area contributed by atoms with Crippen LogP contribution in [0.15, 0.2) is 48.8 Å². The fourth-order valence-electron chi connectivity index (χ4n) is 4.89. The highest BCUT2D eigenvalue weighted by molar-refractivity contribution is 6.06. The SMILES string of the molecule is Cc1cccnc1N(C(=O)c1ccc(-c2cnn(C)c2-c2nnn([C@H](C)OC(=O)C(C)C)n2)cc1)[C@@H]1CCCNC1. The Morgan fingerprint density at radius 3 is 2.61 bits per heavy atom. The molecule has 1 aliphatic rings. The molecule has 12 nitrogen and oxygen atoms in total. The second-order valence-electron chi connectivity index (χ2n) is 10.6. The summed E-state index contributed by atoms with van der Waals surface area (Å²) < 4.78 is 7.07. The largest absolute Gasteiger partial charge is 0.438 e. The van der Waals surface area contributed by atoms with Crippen LogP contribution in [-0.2, 0) is 16.6 Å². The number of nitrogens with one attached hydrogen (secondary N) is 1. The first-order valence-electron chi connectivity index (χ1n) is 13.8. The van der Waals surface area contributed by atoms with Crippen LogP contribution < -0.4 is 10.2 Å². The molecule has 1 fully saturated rings. The van der Waals surface area contributed by atoms with E-state index in [4.69, 9.17) is 4.74 Å².